The Balaban J connectivity index is 1.74. The van der Waals surface area contributed by atoms with Crippen molar-refractivity contribution in [3.63, 3.8) is 0 Å². The first-order valence-electron chi connectivity index (χ1n) is 9.84. The van der Waals surface area contributed by atoms with E-state index in [-0.39, 0.29) is 29.5 Å². The maximum absolute atomic E-state index is 12.9. The third kappa shape index (κ3) is 6.61. The molecule has 7 heteroatoms. The molecule has 0 bridgehead atoms. The summed E-state index contributed by atoms with van der Waals surface area (Å²) in [6.45, 7) is 6.89. The van der Waals surface area contributed by atoms with Gasteiger partial charge in [-0.1, -0.05) is 12.1 Å². The lowest BCUT2D eigenvalue weighted by Crippen LogP contribution is -2.46. The van der Waals surface area contributed by atoms with E-state index >= 15 is 0 Å². The van der Waals surface area contributed by atoms with E-state index < -0.39 is 0 Å². The monoisotopic (exact) mass is 388 g/mol. The molecule has 2 amide bonds. The van der Waals surface area contributed by atoms with E-state index in [0.717, 1.165) is 5.56 Å². The Labute approximate surface area is 166 Å². The van der Waals surface area contributed by atoms with Gasteiger partial charge in [-0.05, 0) is 57.5 Å². The number of benzene rings is 1. The highest BCUT2D eigenvalue weighted by Gasteiger charge is 2.27. The second-order valence-corrected chi connectivity index (χ2v) is 7.36. The molecule has 0 spiro atoms. The lowest BCUT2D eigenvalue weighted by atomic mass is 9.95. The summed E-state index contributed by atoms with van der Waals surface area (Å²) in [5.74, 6) is -0.495. The fraction of sp³-hybridized carbons (Fsp3) is 0.571. The Hall–Kier alpha value is -2.46. The number of likely N-dealkylation sites (N-methyl/N-ethyl adjacent to an activating group) is 1. The van der Waals surface area contributed by atoms with Gasteiger partial charge in [-0.25, -0.2) is 4.39 Å². The average Bonchev–Trinajstić information content (AvgIpc) is 2.71. The summed E-state index contributed by atoms with van der Waals surface area (Å²) in [6.07, 6.45) is 1.42. The molecule has 0 aliphatic carbocycles. The van der Waals surface area contributed by atoms with Gasteiger partial charge in [0.05, 0.1) is 18.5 Å². The molecule has 0 saturated carbocycles. The lowest BCUT2D eigenvalue weighted by Gasteiger charge is -2.32. The Morgan fingerprint density at radius 1 is 1.32 bits per heavy atom. The van der Waals surface area contributed by atoms with Gasteiger partial charge >= 0.3 is 0 Å². The normalized spacial score (nSPS) is 16.2. The van der Waals surface area contributed by atoms with Gasteiger partial charge in [0.25, 0.3) is 0 Å². The highest BCUT2D eigenvalue weighted by atomic mass is 19.1. The number of likely N-dealkylation sites (tertiary alicyclic amines) is 1. The maximum atomic E-state index is 12.9. The number of hydrogen-bond acceptors (Lipinski definition) is 4. The zero-order valence-electron chi connectivity index (χ0n) is 16.7. The highest BCUT2D eigenvalue weighted by molar-refractivity contribution is 5.79. The van der Waals surface area contributed by atoms with Crippen LogP contribution >= 0.6 is 0 Å². The Bertz CT molecular complexity index is 693. The van der Waals surface area contributed by atoms with E-state index in [4.69, 9.17) is 5.26 Å². The summed E-state index contributed by atoms with van der Waals surface area (Å²) in [6, 6.07) is 8.25. The van der Waals surface area contributed by atoms with Crippen LogP contribution in [0.5, 0.6) is 0 Å². The third-order valence-corrected chi connectivity index (χ3v) is 5.15. The molecule has 1 aliphatic rings. The summed E-state index contributed by atoms with van der Waals surface area (Å²) in [5.41, 5.74) is 0.865. The van der Waals surface area contributed by atoms with Gasteiger partial charge in [0.1, 0.15) is 5.82 Å². The zero-order valence-corrected chi connectivity index (χ0v) is 16.7. The average molecular weight is 388 g/mol. The smallest absolute Gasteiger partial charge is 0.236 e. The van der Waals surface area contributed by atoms with Crippen molar-refractivity contribution in [2.45, 2.75) is 33.2 Å². The molecule has 1 unspecified atom stereocenters. The standard InChI is InChI=1S/C21H29FN4O2/c1-3-26(14-16(2)12-23)20(27)15-25-10-8-18(9-11-25)21(28)24-13-17-4-6-19(22)7-5-17/h4-7,16,18H,3,8-11,13-15H2,1-2H3,(H,24,28). The third-order valence-electron chi connectivity index (χ3n) is 5.15. The van der Waals surface area contributed by atoms with Crippen LogP contribution in [-0.2, 0) is 16.1 Å². The molecule has 1 N–H and O–H groups in total. The van der Waals surface area contributed by atoms with E-state index in [0.29, 0.717) is 52.1 Å². The largest absolute Gasteiger partial charge is 0.352 e. The molecule has 152 valence electrons. The second kappa shape index (κ2) is 10.8. The molecule has 1 heterocycles. The van der Waals surface area contributed by atoms with Crippen LogP contribution in [0.2, 0.25) is 0 Å². The van der Waals surface area contributed by atoms with Crippen LogP contribution in [0.4, 0.5) is 4.39 Å². The van der Waals surface area contributed by atoms with Gasteiger partial charge in [0.15, 0.2) is 0 Å². The van der Waals surface area contributed by atoms with Crippen LogP contribution in [-0.4, -0.2) is 54.3 Å². The number of nitriles is 1. The number of nitrogens with one attached hydrogen (secondary N) is 1. The molecule has 0 radical (unpaired) electrons. The molecule has 6 nitrogen and oxygen atoms in total. The summed E-state index contributed by atoms with van der Waals surface area (Å²) in [4.78, 5) is 28.6. The topological polar surface area (TPSA) is 76.4 Å². The minimum Gasteiger partial charge on any atom is -0.352 e. The van der Waals surface area contributed by atoms with Crippen molar-refractivity contribution in [2.24, 2.45) is 11.8 Å². The molecule has 28 heavy (non-hydrogen) atoms. The van der Waals surface area contributed by atoms with Crippen molar-refractivity contribution < 1.29 is 14.0 Å². The Morgan fingerprint density at radius 2 is 1.96 bits per heavy atom. The molecule has 2 rings (SSSR count). The fourth-order valence-corrected chi connectivity index (χ4v) is 3.36. The van der Waals surface area contributed by atoms with E-state index in [9.17, 15) is 14.0 Å². The SMILES string of the molecule is CCN(CC(C)C#N)C(=O)CN1CCC(C(=O)NCc2ccc(F)cc2)CC1. The summed E-state index contributed by atoms with van der Waals surface area (Å²) < 4.78 is 12.9. The van der Waals surface area contributed by atoms with Crippen LogP contribution in [0.1, 0.15) is 32.3 Å². The van der Waals surface area contributed by atoms with Gasteiger partial charge in [0, 0.05) is 25.6 Å². The minimum atomic E-state index is -0.291. The fourth-order valence-electron chi connectivity index (χ4n) is 3.36. The number of halogens is 1. The highest BCUT2D eigenvalue weighted by Crippen LogP contribution is 2.18. The molecule has 1 aliphatic heterocycles. The molecule has 1 fully saturated rings. The van der Waals surface area contributed by atoms with Crippen molar-refractivity contribution in [2.75, 3.05) is 32.7 Å². The van der Waals surface area contributed by atoms with Gasteiger partial charge < -0.3 is 10.2 Å². The number of nitrogens with zero attached hydrogens (tertiary/aromatic N) is 3. The molecular formula is C21H29FN4O2. The molecular weight excluding hydrogens is 359 g/mol. The summed E-state index contributed by atoms with van der Waals surface area (Å²) in [5, 5.41) is 11.9. The summed E-state index contributed by atoms with van der Waals surface area (Å²) >= 11 is 0. The minimum absolute atomic E-state index is 0.00771. The maximum Gasteiger partial charge on any atom is 0.236 e. The van der Waals surface area contributed by atoms with E-state index in [1.165, 1.54) is 12.1 Å². The first-order chi connectivity index (χ1) is 13.4. The van der Waals surface area contributed by atoms with Gasteiger partial charge in [-0.2, -0.15) is 5.26 Å². The molecule has 0 aromatic heterocycles. The van der Waals surface area contributed by atoms with Crippen molar-refractivity contribution in [1.29, 1.82) is 5.26 Å². The van der Waals surface area contributed by atoms with E-state index in [2.05, 4.69) is 16.3 Å². The van der Waals surface area contributed by atoms with Crippen LogP contribution < -0.4 is 5.32 Å². The van der Waals surface area contributed by atoms with E-state index in [1.807, 2.05) is 13.8 Å². The summed E-state index contributed by atoms with van der Waals surface area (Å²) in [7, 11) is 0. The van der Waals surface area contributed by atoms with Crippen LogP contribution in [0.3, 0.4) is 0 Å². The van der Waals surface area contributed by atoms with Crippen molar-refractivity contribution >= 4 is 11.8 Å². The predicted molar refractivity (Wildman–Crippen MR) is 104 cm³/mol. The second-order valence-electron chi connectivity index (χ2n) is 7.36. The van der Waals surface area contributed by atoms with Crippen LogP contribution in [0, 0.1) is 29.0 Å². The Morgan fingerprint density at radius 3 is 2.54 bits per heavy atom. The lowest BCUT2D eigenvalue weighted by molar-refractivity contribution is -0.133. The number of piperidine rings is 1. The zero-order chi connectivity index (χ0) is 20.5. The van der Waals surface area contributed by atoms with Crippen molar-refractivity contribution in [1.82, 2.24) is 15.1 Å². The van der Waals surface area contributed by atoms with Gasteiger partial charge in [0.2, 0.25) is 11.8 Å². The molecule has 1 saturated heterocycles. The molecule has 1 aromatic carbocycles. The van der Waals surface area contributed by atoms with Crippen molar-refractivity contribution in [3.05, 3.63) is 35.6 Å². The number of carbonyl (C=O) groups excluding carboxylic acids is 2. The molecule has 1 aromatic rings. The van der Waals surface area contributed by atoms with E-state index in [1.54, 1.807) is 17.0 Å². The first-order valence-corrected chi connectivity index (χ1v) is 9.84. The van der Waals surface area contributed by atoms with Gasteiger partial charge in [-0.3, -0.25) is 14.5 Å². The number of amides is 2. The number of carbonyl (C=O) groups is 2. The first kappa shape index (κ1) is 21.8. The number of rotatable bonds is 8. The quantitative estimate of drug-likeness (QED) is 0.740. The van der Waals surface area contributed by atoms with Crippen LogP contribution in [0.25, 0.3) is 0 Å². The molecule has 1 atom stereocenters. The predicted octanol–water partition coefficient (Wildman–Crippen LogP) is 2.16. The Kier molecular flexibility index (Phi) is 8.40. The van der Waals surface area contributed by atoms with Crippen molar-refractivity contribution in [3.8, 4) is 6.07 Å². The van der Waals surface area contributed by atoms with Gasteiger partial charge in [-0.15, -0.1) is 0 Å². The number of hydrogen-bond donors (Lipinski definition) is 1. The van der Waals surface area contributed by atoms with Crippen LogP contribution in [0.15, 0.2) is 24.3 Å².